The molecule has 3 N–H and O–H groups in total. The molecule has 0 aliphatic heterocycles. The molecule has 1 aliphatic rings. The van der Waals surface area contributed by atoms with Crippen LogP contribution in [0.1, 0.15) is 37.0 Å². The molecule has 0 bridgehead atoms. The number of aliphatic hydroxyl groups excluding tert-OH is 1. The van der Waals surface area contributed by atoms with Gasteiger partial charge in [0.25, 0.3) is 0 Å². The van der Waals surface area contributed by atoms with Crippen LogP contribution in [0.25, 0.3) is 0 Å². The van der Waals surface area contributed by atoms with Gasteiger partial charge in [-0.05, 0) is 42.5 Å². The van der Waals surface area contributed by atoms with Crippen LogP contribution in [-0.4, -0.2) is 17.8 Å². The summed E-state index contributed by atoms with van der Waals surface area (Å²) in [6, 6.07) is 5.80. The second kappa shape index (κ2) is 4.07. The molecule has 1 aromatic rings. The number of rotatable bonds is 4. The van der Waals surface area contributed by atoms with Gasteiger partial charge in [-0.15, -0.1) is 0 Å². The van der Waals surface area contributed by atoms with Gasteiger partial charge in [-0.25, -0.2) is 0 Å². The lowest BCUT2D eigenvalue weighted by Crippen LogP contribution is -2.30. The Morgan fingerprint density at radius 2 is 2.19 bits per heavy atom. The zero-order valence-corrected chi connectivity index (χ0v) is 9.86. The van der Waals surface area contributed by atoms with E-state index in [4.69, 9.17) is 10.5 Å². The Kier molecular flexibility index (Phi) is 2.91. The predicted molar refractivity (Wildman–Crippen MR) is 63.5 cm³/mol. The molecule has 1 aromatic carbocycles. The van der Waals surface area contributed by atoms with Crippen LogP contribution in [0, 0.1) is 0 Å². The van der Waals surface area contributed by atoms with Crippen molar-refractivity contribution in [1.29, 1.82) is 0 Å². The van der Waals surface area contributed by atoms with E-state index in [2.05, 4.69) is 6.92 Å². The second-order valence-electron chi connectivity index (χ2n) is 4.56. The molecule has 0 aromatic heterocycles. The first kappa shape index (κ1) is 11.4. The smallest absolute Gasteiger partial charge is 0.122 e. The van der Waals surface area contributed by atoms with Gasteiger partial charge in [0, 0.05) is 5.54 Å². The van der Waals surface area contributed by atoms with Crippen LogP contribution in [0.4, 0.5) is 0 Å². The number of ether oxygens (including phenoxy) is 1. The van der Waals surface area contributed by atoms with Gasteiger partial charge in [0.15, 0.2) is 0 Å². The predicted octanol–water partition coefficient (Wildman–Crippen LogP) is 1.78. The Bertz CT molecular complexity index is 386. The summed E-state index contributed by atoms with van der Waals surface area (Å²) in [5.41, 5.74) is 7.63. The van der Waals surface area contributed by atoms with E-state index < -0.39 is 6.10 Å². The zero-order valence-electron chi connectivity index (χ0n) is 9.86. The van der Waals surface area contributed by atoms with Gasteiger partial charge in [-0.2, -0.15) is 0 Å². The molecule has 1 aliphatic carbocycles. The molecule has 0 amide bonds. The lowest BCUT2D eigenvalue weighted by molar-refractivity contribution is 0.136. The van der Waals surface area contributed by atoms with Crippen molar-refractivity contribution < 1.29 is 9.84 Å². The van der Waals surface area contributed by atoms with E-state index in [1.165, 1.54) is 0 Å². The van der Waals surface area contributed by atoms with E-state index in [1.54, 1.807) is 7.11 Å². The summed E-state index contributed by atoms with van der Waals surface area (Å²) in [7, 11) is 1.66. The number of aryl methyl sites for hydroxylation is 1. The Balaban J connectivity index is 2.28. The minimum atomic E-state index is -0.552. The molecule has 1 saturated carbocycles. The van der Waals surface area contributed by atoms with Crippen LogP contribution < -0.4 is 10.5 Å². The van der Waals surface area contributed by atoms with Gasteiger partial charge in [0.1, 0.15) is 5.75 Å². The second-order valence-corrected chi connectivity index (χ2v) is 4.56. The number of hydrogen-bond acceptors (Lipinski definition) is 3. The molecule has 16 heavy (non-hydrogen) atoms. The maximum atomic E-state index is 10.1. The van der Waals surface area contributed by atoms with Crippen molar-refractivity contribution in [1.82, 2.24) is 0 Å². The summed E-state index contributed by atoms with van der Waals surface area (Å²) in [6.07, 6.45) is 2.15. The highest BCUT2D eigenvalue weighted by atomic mass is 16.5. The first-order chi connectivity index (χ1) is 7.60. The molecule has 0 radical (unpaired) electrons. The fraction of sp³-hybridized carbons (Fsp3) is 0.538. The molecule has 2 rings (SSSR count). The number of methoxy groups -OCH3 is 1. The first-order valence-corrected chi connectivity index (χ1v) is 5.74. The van der Waals surface area contributed by atoms with E-state index in [9.17, 15) is 5.11 Å². The van der Waals surface area contributed by atoms with Crippen LogP contribution in [0.15, 0.2) is 18.2 Å². The molecule has 3 nitrogen and oxygen atoms in total. The summed E-state index contributed by atoms with van der Waals surface area (Å²) in [5, 5.41) is 10.1. The number of aliphatic hydroxyl groups is 1. The summed E-state index contributed by atoms with van der Waals surface area (Å²) >= 11 is 0. The molecule has 1 fully saturated rings. The minimum absolute atomic E-state index is 0.389. The normalized spacial score (nSPS) is 19.2. The molecule has 0 saturated heterocycles. The highest BCUT2D eigenvalue weighted by Crippen LogP contribution is 2.43. The van der Waals surface area contributed by atoms with Gasteiger partial charge in [-0.1, -0.05) is 13.0 Å². The lowest BCUT2D eigenvalue weighted by atomic mass is 9.98. The molecule has 1 unspecified atom stereocenters. The number of hydrogen-bond donors (Lipinski definition) is 2. The standard InChI is InChI=1S/C13H19NO2/c1-3-9-8-10(4-5-11(9)16-2)12(15)13(14)6-7-13/h4-5,8,12,15H,3,6-7,14H2,1-2H3. The molecule has 88 valence electrons. The fourth-order valence-electron chi connectivity index (χ4n) is 1.99. The summed E-state index contributed by atoms with van der Waals surface area (Å²) < 4.78 is 5.26. The third kappa shape index (κ3) is 1.93. The van der Waals surface area contributed by atoms with Crippen molar-refractivity contribution in [2.45, 2.75) is 37.8 Å². The van der Waals surface area contributed by atoms with Crippen molar-refractivity contribution in [2.24, 2.45) is 5.73 Å². The molecule has 0 spiro atoms. The van der Waals surface area contributed by atoms with Crippen LogP contribution in [0.5, 0.6) is 5.75 Å². The topological polar surface area (TPSA) is 55.5 Å². The minimum Gasteiger partial charge on any atom is -0.496 e. The maximum absolute atomic E-state index is 10.1. The van der Waals surface area contributed by atoms with Crippen molar-refractivity contribution in [3.63, 3.8) is 0 Å². The Morgan fingerprint density at radius 3 is 2.69 bits per heavy atom. The van der Waals surface area contributed by atoms with E-state index in [0.29, 0.717) is 0 Å². The molecular weight excluding hydrogens is 202 g/mol. The molecule has 1 atom stereocenters. The first-order valence-electron chi connectivity index (χ1n) is 5.74. The molecular formula is C13H19NO2. The van der Waals surface area contributed by atoms with E-state index >= 15 is 0 Å². The summed E-state index contributed by atoms with van der Waals surface area (Å²) in [6.45, 7) is 2.07. The fourth-order valence-corrected chi connectivity index (χ4v) is 1.99. The Labute approximate surface area is 96.2 Å². The van der Waals surface area contributed by atoms with Crippen LogP contribution >= 0.6 is 0 Å². The van der Waals surface area contributed by atoms with Crippen molar-refractivity contribution in [2.75, 3.05) is 7.11 Å². The lowest BCUT2D eigenvalue weighted by Gasteiger charge is -2.19. The van der Waals surface area contributed by atoms with Crippen LogP contribution in [0.3, 0.4) is 0 Å². The molecule has 3 heteroatoms. The third-order valence-electron chi connectivity index (χ3n) is 3.37. The average molecular weight is 221 g/mol. The van der Waals surface area contributed by atoms with E-state index in [-0.39, 0.29) is 5.54 Å². The SMILES string of the molecule is CCc1cc(C(O)C2(N)CC2)ccc1OC. The van der Waals surface area contributed by atoms with Gasteiger partial charge in [0.05, 0.1) is 13.2 Å². The Hall–Kier alpha value is -1.06. The van der Waals surface area contributed by atoms with Crippen LogP contribution in [-0.2, 0) is 6.42 Å². The van der Waals surface area contributed by atoms with Gasteiger partial charge in [-0.3, -0.25) is 0 Å². The van der Waals surface area contributed by atoms with Gasteiger partial charge < -0.3 is 15.6 Å². The highest BCUT2D eigenvalue weighted by Gasteiger charge is 2.45. The van der Waals surface area contributed by atoms with Crippen molar-refractivity contribution >= 4 is 0 Å². The number of benzene rings is 1. The zero-order chi connectivity index (χ0) is 11.8. The number of nitrogens with two attached hydrogens (primary N) is 1. The van der Waals surface area contributed by atoms with E-state index in [1.807, 2.05) is 18.2 Å². The summed E-state index contributed by atoms with van der Waals surface area (Å²) in [5.74, 6) is 0.875. The largest absolute Gasteiger partial charge is 0.496 e. The van der Waals surface area contributed by atoms with Gasteiger partial charge in [0.2, 0.25) is 0 Å². The Morgan fingerprint density at radius 1 is 1.50 bits per heavy atom. The monoisotopic (exact) mass is 221 g/mol. The van der Waals surface area contributed by atoms with E-state index in [0.717, 1.165) is 36.1 Å². The van der Waals surface area contributed by atoms with Crippen molar-refractivity contribution in [3.05, 3.63) is 29.3 Å². The van der Waals surface area contributed by atoms with Crippen LogP contribution in [0.2, 0.25) is 0 Å². The van der Waals surface area contributed by atoms with Crippen molar-refractivity contribution in [3.8, 4) is 5.75 Å². The van der Waals surface area contributed by atoms with Gasteiger partial charge >= 0.3 is 0 Å². The molecule has 0 heterocycles. The third-order valence-corrected chi connectivity index (χ3v) is 3.37. The highest BCUT2D eigenvalue weighted by molar-refractivity contribution is 5.39. The maximum Gasteiger partial charge on any atom is 0.122 e. The quantitative estimate of drug-likeness (QED) is 0.815. The summed E-state index contributed by atoms with van der Waals surface area (Å²) in [4.78, 5) is 0. The average Bonchev–Trinajstić information content (AvgIpc) is 3.06.